The summed E-state index contributed by atoms with van der Waals surface area (Å²) in [5.74, 6) is 0.749. The molecular formula is C13H19NO4. The molecule has 1 aromatic carbocycles. The summed E-state index contributed by atoms with van der Waals surface area (Å²) in [6, 6.07) is 3.80. The highest BCUT2D eigenvalue weighted by Crippen LogP contribution is 2.31. The molecule has 0 saturated carbocycles. The normalized spacial score (nSPS) is 10.2. The molecule has 5 nitrogen and oxygen atoms in total. The van der Waals surface area contributed by atoms with Gasteiger partial charge >= 0.3 is 5.97 Å². The summed E-state index contributed by atoms with van der Waals surface area (Å²) in [6.45, 7) is 2.93. The molecule has 18 heavy (non-hydrogen) atoms. The van der Waals surface area contributed by atoms with Crippen molar-refractivity contribution in [3.8, 4) is 11.5 Å². The Morgan fingerprint density at radius 1 is 1.33 bits per heavy atom. The molecule has 0 aromatic heterocycles. The molecule has 0 amide bonds. The molecule has 2 N–H and O–H groups in total. The number of ether oxygens (including phenoxy) is 2. The summed E-state index contributed by atoms with van der Waals surface area (Å²) in [5, 5.41) is 11.6. The Balaban J connectivity index is 2.71. The Morgan fingerprint density at radius 2 is 2.06 bits per heavy atom. The summed E-state index contributed by atoms with van der Waals surface area (Å²) < 4.78 is 10.6. The summed E-state index contributed by atoms with van der Waals surface area (Å²) in [6.07, 6.45) is 0.109. The average Bonchev–Trinajstić information content (AvgIpc) is 2.34. The van der Waals surface area contributed by atoms with Gasteiger partial charge in [0.25, 0.3) is 0 Å². The Hall–Kier alpha value is -1.75. The molecule has 1 rings (SSSR count). The van der Waals surface area contributed by atoms with Crippen molar-refractivity contribution in [2.75, 3.05) is 20.8 Å². The second-order valence-electron chi connectivity index (χ2n) is 3.91. The second kappa shape index (κ2) is 6.86. The minimum atomic E-state index is -0.805. The van der Waals surface area contributed by atoms with Gasteiger partial charge in [0, 0.05) is 24.2 Å². The van der Waals surface area contributed by atoms with Crippen LogP contribution in [0, 0.1) is 6.92 Å². The summed E-state index contributed by atoms with van der Waals surface area (Å²) in [4.78, 5) is 10.4. The molecule has 1 aromatic rings. The highest BCUT2D eigenvalue weighted by Gasteiger charge is 2.10. The maximum Gasteiger partial charge on any atom is 0.304 e. The number of rotatable bonds is 7. The van der Waals surface area contributed by atoms with Crippen LogP contribution in [-0.2, 0) is 11.3 Å². The van der Waals surface area contributed by atoms with Gasteiger partial charge in [-0.1, -0.05) is 6.07 Å². The Morgan fingerprint density at radius 3 is 2.61 bits per heavy atom. The molecule has 100 valence electrons. The molecule has 0 aliphatic rings. The molecule has 0 aliphatic heterocycles. The van der Waals surface area contributed by atoms with Crippen LogP contribution in [0.2, 0.25) is 0 Å². The molecule has 5 heteroatoms. The zero-order chi connectivity index (χ0) is 13.5. The third-order valence-corrected chi connectivity index (χ3v) is 2.69. The van der Waals surface area contributed by atoms with Crippen molar-refractivity contribution in [3.05, 3.63) is 23.3 Å². The van der Waals surface area contributed by atoms with Gasteiger partial charge in [-0.05, 0) is 13.0 Å². The summed E-state index contributed by atoms with van der Waals surface area (Å²) in [5.41, 5.74) is 1.93. The zero-order valence-corrected chi connectivity index (χ0v) is 10.9. The number of benzene rings is 1. The molecule has 0 unspecified atom stereocenters. The van der Waals surface area contributed by atoms with Crippen LogP contribution < -0.4 is 14.8 Å². The standard InChI is InChI=1S/C13H19NO4/c1-9-11(17-2)5-4-10(13(9)18-3)8-14-7-6-12(15)16/h4-5,14H,6-8H2,1-3H3,(H,15,16). The first kappa shape index (κ1) is 14.3. The largest absolute Gasteiger partial charge is 0.496 e. The number of hydrogen-bond donors (Lipinski definition) is 2. The number of methoxy groups -OCH3 is 2. The molecule has 0 heterocycles. The zero-order valence-electron chi connectivity index (χ0n) is 10.9. The quantitative estimate of drug-likeness (QED) is 0.722. The predicted molar refractivity (Wildman–Crippen MR) is 68.2 cm³/mol. The Bertz CT molecular complexity index is 418. The minimum absolute atomic E-state index is 0.109. The topological polar surface area (TPSA) is 67.8 Å². The van der Waals surface area contributed by atoms with E-state index in [1.807, 2.05) is 19.1 Å². The minimum Gasteiger partial charge on any atom is -0.496 e. The first-order valence-corrected chi connectivity index (χ1v) is 5.73. The molecule has 0 aliphatic carbocycles. The van der Waals surface area contributed by atoms with Crippen molar-refractivity contribution >= 4 is 5.97 Å². The number of carbonyl (C=O) groups is 1. The maximum absolute atomic E-state index is 10.4. The van der Waals surface area contributed by atoms with Crippen LogP contribution in [0.15, 0.2) is 12.1 Å². The van der Waals surface area contributed by atoms with Gasteiger partial charge in [0.2, 0.25) is 0 Å². The molecule has 0 bridgehead atoms. The third-order valence-electron chi connectivity index (χ3n) is 2.69. The lowest BCUT2D eigenvalue weighted by Crippen LogP contribution is -2.18. The molecule has 0 atom stereocenters. The van der Waals surface area contributed by atoms with E-state index in [1.54, 1.807) is 14.2 Å². The van der Waals surface area contributed by atoms with Crippen molar-refractivity contribution in [2.45, 2.75) is 19.9 Å². The van der Waals surface area contributed by atoms with Crippen molar-refractivity contribution in [1.82, 2.24) is 5.32 Å². The van der Waals surface area contributed by atoms with E-state index in [0.29, 0.717) is 13.1 Å². The number of hydrogen-bond acceptors (Lipinski definition) is 4. The SMILES string of the molecule is COc1ccc(CNCCC(=O)O)c(OC)c1C. The first-order valence-electron chi connectivity index (χ1n) is 5.73. The monoisotopic (exact) mass is 253 g/mol. The Kier molecular flexibility index (Phi) is 5.45. The highest BCUT2D eigenvalue weighted by atomic mass is 16.5. The fraction of sp³-hybridized carbons (Fsp3) is 0.462. The van der Waals surface area contributed by atoms with Gasteiger partial charge in [0.15, 0.2) is 0 Å². The average molecular weight is 253 g/mol. The predicted octanol–water partition coefficient (Wildman–Crippen LogP) is 1.58. The van der Waals surface area contributed by atoms with Gasteiger partial charge in [0.1, 0.15) is 11.5 Å². The smallest absolute Gasteiger partial charge is 0.304 e. The number of carboxylic acids is 1. The highest BCUT2D eigenvalue weighted by molar-refractivity contribution is 5.66. The molecular weight excluding hydrogens is 234 g/mol. The summed E-state index contributed by atoms with van der Waals surface area (Å²) in [7, 11) is 3.23. The lowest BCUT2D eigenvalue weighted by atomic mass is 10.1. The number of nitrogens with one attached hydrogen (secondary N) is 1. The van der Waals surface area contributed by atoms with Crippen LogP contribution in [0.1, 0.15) is 17.5 Å². The number of carboxylic acid groups (broad SMARTS) is 1. The van der Waals surface area contributed by atoms with Crippen molar-refractivity contribution in [3.63, 3.8) is 0 Å². The van der Waals surface area contributed by atoms with Crippen molar-refractivity contribution in [1.29, 1.82) is 0 Å². The first-order chi connectivity index (χ1) is 8.60. The van der Waals surface area contributed by atoms with Gasteiger partial charge in [0.05, 0.1) is 20.6 Å². The van der Waals surface area contributed by atoms with Crippen LogP contribution in [0.25, 0.3) is 0 Å². The van der Waals surface area contributed by atoms with Crippen molar-refractivity contribution < 1.29 is 19.4 Å². The van der Waals surface area contributed by atoms with E-state index < -0.39 is 5.97 Å². The number of aliphatic carboxylic acids is 1. The maximum atomic E-state index is 10.4. The van der Waals surface area contributed by atoms with Gasteiger partial charge in [-0.3, -0.25) is 4.79 Å². The van der Waals surface area contributed by atoms with Gasteiger partial charge in [-0.25, -0.2) is 0 Å². The van der Waals surface area contributed by atoms with E-state index >= 15 is 0 Å². The third kappa shape index (κ3) is 3.63. The molecule has 0 spiro atoms. The van der Waals surface area contributed by atoms with E-state index in [1.165, 1.54) is 0 Å². The van der Waals surface area contributed by atoms with Crippen LogP contribution in [0.3, 0.4) is 0 Å². The van der Waals surface area contributed by atoms with Crippen LogP contribution >= 0.6 is 0 Å². The van der Waals surface area contributed by atoms with E-state index in [2.05, 4.69) is 5.32 Å². The van der Waals surface area contributed by atoms with Crippen LogP contribution in [0.4, 0.5) is 0 Å². The fourth-order valence-corrected chi connectivity index (χ4v) is 1.79. The van der Waals surface area contributed by atoms with E-state index in [0.717, 1.165) is 22.6 Å². The Labute approximate surface area is 107 Å². The molecule has 0 fully saturated rings. The van der Waals surface area contributed by atoms with Crippen molar-refractivity contribution in [2.24, 2.45) is 0 Å². The van der Waals surface area contributed by atoms with E-state index in [-0.39, 0.29) is 6.42 Å². The van der Waals surface area contributed by atoms with Crippen LogP contribution in [-0.4, -0.2) is 31.8 Å². The van der Waals surface area contributed by atoms with E-state index in [9.17, 15) is 4.79 Å². The molecule has 0 radical (unpaired) electrons. The molecule has 0 saturated heterocycles. The van der Waals surface area contributed by atoms with Crippen LogP contribution in [0.5, 0.6) is 11.5 Å². The van der Waals surface area contributed by atoms with Gasteiger partial charge in [-0.15, -0.1) is 0 Å². The van der Waals surface area contributed by atoms with Gasteiger partial charge < -0.3 is 19.9 Å². The van der Waals surface area contributed by atoms with E-state index in [4.69, 9.17) is 14.6 Å². The summed E-state index contributed by atoms with van der Waals surface area (Å²) >= 11 is 0. The lowest BCUT2D eigenvalue weighted by Gasteiger charge is -2.14. The fourth-order valence-electron chi connectivity index (χ4n) is 1.79. The lowest BCUT2D eigenvalue weighted by molar-refractivity contribution is -0.136. The second-order valence-corrected chi connectivity index (χ2v) is 3.91. The van der Waals surface area contributed by atoms with Gasteiger partial charge in [-0.2, -0.15) is 0 Å².